The lowest BCUT2D eigenvalue weighted by molar-refractivity contribution is -0.161. The van der Waals surface area contributed by atoms with Crippen molar-refractivity contribution in [2.45, 2.75) is 394 Å². The van der Waals surface area contributed by atoms with Gasteiger partial charge < -0.3 is 33.8 Å². The molecule has 3 N–H and O–H groups in total. The Morgan fingerprint density at radius 1 is 0.323 bits per heavy atom. The molecule has 0 amide bonds. The summed E-state index contributed by atoms with van der Waals surface area (Å²) in [4.78, 5) is 72.8. The Labute approximate surface area is 586 Å². The number of aliphatic hydroxyl groups is 1. The number of hydrogen-bond donors (Lipinski definition) is 3. The van der Waals surface area contributed by atoms with E-state index in [9.17, 15) is 43.2 Å². The highest BCUT2D eigenvalue weighted by molar-refractivity contribution is 7.47. The van der Waals surface area contributed by atoms with E-state index in [0.717, 1.165) is 121 Å². The normalized spacial score (nSPS) is 14.2. The van der Waals surface area contributed by atoms with E-state index < -0.39 is 97.5 Å². The molecule has 0 aliphatic carbocycles. The van der Waals surface area contributed by atoms with Crippen molar-refractivity contribution in [2.24, 2.45) is 11.8 Å². The van der Waals surface area contributed by atoms with Gasteiger partial charge in [0, 0.05) is 25.7 Å². The molecular formula is C77H146O17P2. The molecule has 19 heteroatoms. The maximum Gasteiger partial charge on any atom is 0.472 e. The molecule has 5 atom stereocenters. The minimum atomic E-state index is -4.97. The molecule has 2 unspecified atom stereocenters. The van der Waals surface area contributed by atoms with Gasteiger partial charge in [0.05, 0.1) is 26.4 Å². The molecule has 0 aromatic heterocycles. The van der Waals surface area contributed by atoms with Gasteiger partial charge in [-0.1, -0.05) is 323 Å². The number of rotatable bonds is 74. The zero-order chi connectivity index (χ0) is 70.7. The van der Waals surface area contributed by atoms with Crippen LogP contribution in [0.3, 0.4) is 0 Å². The van der Waals surface area contributed by atoms with Gasteiger partial charge in [0.1, 0.15) is 19.3 Å². The first-order chi connectivity index (χ1) is 46.4. The molecule has 0 aromatic carbocycles. The van der Waals surface area contributed by atoms with Crippen molar-refractivity contribution < 1.29 is 80.2 Å². The van der Waals surface area contributed by atoms with Crippen molar-refractivity contribution in [3.63, 3.8) is 0 Å². The Hall–Kier alpha value is -2.46. The van der Waals surface area contributed by atoms with Crippen molar-refractivity contribution in [2.75, 3.05) is 39.6 Å². The van der Waals surface area contributed by atoms with Crippen LogP contribution in [0.5, 0.6) is 0 Å². The van der Waals surface area contributed by atoms with Crippen LogP contribution in [0.15, 0.2) is 24.3 Å². The molecule has 0 radical (unpaired) electrons. The van der Waals surface area contributed by atoms with Crippen molar-refractivity contribution in [3.8, 4) is 0 Å². The number of aliphatic hydroxyl groups excluding tert-OH is 1. The van der Waals surface area contributed by atoms with E-state index in [1.54, 1.807) is 0 Å². The third kappa shape index (κ3) is 70.0. The van der Waals surface area contributed by atoms with E-state index in [-0.39, 0.29) is 25.7 Å². The van der Waals surface area contributed by atoms with Crippen LogP contribution in [0, 0.1) is 11.8 Å². The first kappa shape index (κ1) is 93.5. The average Bonchev–Trinajstić information content (AvgIpc) is 1.77. The number of carbonyl (C=O) groups excluding carboxylic acids is 4. The van der Waals surface area contributed by atoms with E-state index in [1.165, 1.54) is 173 Å². The Morgan fingerprint density at radius 2 is 0.562 bits per heavy atom. The predicted octanol–water partition coefficient (Wildman–Crippen LogP) is 22.3. The highest BCUT2D eigenvalue weighted by Crippen LogP contribution is 2.45. The van der Waals surface area contributed by atoms with Crippen LogP contribution in [-0.2, 0) is 65.4 Å². The summed E-state index contributed by atoms with van der Waals surface area (Å²) in [6.45, 7) is 9.55. The Bertz CT molecular complexity index is 1950. The summed E-state index contributed by atoms with van der Waals surface area (Å²) in [6, 6.07) is 0. The van der Waals surface area contributed by atoms with Crippen molar-refractivity contribution in [1.29, 1.82) is 0 Å². The van der Waals surface area contributed by atoms with Gasteiger partial charge in [-0.25, -0.2) is 9.13 Å². The second-order valence-electron chi connectivity index (χ2n) is 28.0. The predicted molar refractivity (Wildman–Crippen MR) is 391 cm³/mol. The fraction of sp³-hybridized carbons (Fsp3) is 0.896. The number of esters is 4. The summed E-state index contributed by atoms with van der Waals surface area (Å²) >= 11 is 0. The maximum atomic E-state index is 13.1. The first-order valence-corrected chi connectivity index (χ1v) is 42.3. The number of phosphoric ester groups is 2. The lowest BCUT2D eigenvalue weighted by Gasteiger charge is -2.21. The number of unbranched alkanes of at least 4 members (excludes halogenated alkanes) is 41. The molecule has 0 saturated heterocycles. The van der Waals surface area contributed by atoms with Gasteiger partial charge in [-0.15, -0.1) is 0 Å². The van der Waals surface area contributed by atoms with Crippen molar-refractivity contribution >= 4 is 39.5 Å². The fourth-order valence-electron chi connectivity index (χ4n) is 11.3. The zero-order valence-electron chi connectivity index (χ0n) is 62.2. The fourth-order valence-corrected chi connectivity index (χ4v) is 12.9. The minimum Gasteiger partial charge on any atom is -0.462 e. The summed E-state index contributed by atoms with van der Waals surface area (Å²) in [7, 11) is -9.92. The molecule has 0 fully saturated rings. The standard InChI is InChI=1S/C77H146O17P2/c1-7-9-11-13-15-17-19-20-21-24-30-36-42-48-54-60-75(80)88-66-73(93-76(81)61-55-49-43-37-31-25-22-23-28-33-39-45-51-57-69(3)4)68-92-96(85,86)90-64-71(78)63-89-95(83,84)91-67-72(65-87-74(79)59-53-47-41-35-27-18-16-14-12-10-8-2)94-77(82)62-56-50-44-38-32-26-29-34-40-46-52-58-70(5)6/h17,19-21,69-73,78H,7-16,18,22-68H2,1-6H3,(H,83,84)(H,85,86)/b19-17-,21-20-/t71-,72+,73+/m0/s1. The van der Waals surface area contributed by atoms with E-state index in [1.807, 2.05) is 0 Å². The Kier molecular flexibility index (Phi) is 66.6. The lowest BCUT2D eigenvalue weighted by atomic mass is 10.0. The average molecular weight is 1410 g/mol. The van der Waals surface area contributed by atoms with Gasteiger partial charge in [-0.3, -0.25) is 37.3 Å². The highest BCUT2D eigenvalue weighted by Gasteiger charge is 2.30. The van der Waals surface area contributed by atoms with Crippen LogP contribution in [-0.4, -0.2) is 96.7 Å². The van der Waals surface area contributed by atoms with Crippen LogP contribution in [0.25, 0.3) is 0 Å². The molecule has 17 nitrogen and oxygen atoms in total. The monoisotopic (exact) mass is 1410 g/mol. The minimum absolute atomic E-state index is 0.100. The van der Waals surface area contributed by atoms with E-state index >= 15 is 0 Å². The van der Waals surface area contributed by atoms with Gasteiger partial charge in [0.2, 0.25) is 0 Å². The number of allylic oxidation sites excluding steroid dienone is 4. The number of ether oxygens (including phenoxy) is 4. The lowest BCUT2D eigenvalue weighted by Crippen LogP contribution is -2.30. The molecule has 0 rings (SSSR count). The van der Waals surface area contributed by atoms with Crippen LogP contribution in [0.4, 0.5) is 0 Å². The van der Waals surface area contributed by atoms with Gasteiger partial charge in [0.25, 0.3) is 0 Å². The molecule has 96 heavy (non-hydrogen) atoms. The molecule has 0 bridgehead atoms. The number of phosphoric acid groups is 2. The van der Waals surface area contributed by atoms with Crippen molar-refractivity contribution in [3.05, 3.63) is 24.3 Å². The highest BCUT2D eigenvalue weighted by atomic mass is 31.2. The SMILES string of the molecule is CCCCCC/C=C\C=C/CCCCCCCC(=O)OC[C@H](COP(=O)(O)OC[C@@H](O)COP(=O)(O)OC[C@@H](COC(=O)CCCCCCCCCCCCC)OC(=O)CCCCCCCCCCCCCC(C)C)OC(=O)CCCCCCCCCCCCCCCC(C)C. The van der Waals surface area contributed by atoms with Gasteiger partial charge in [0.15, 0.2) is 12.2 Å². The molecule has 0 aromatic rings. The zero-order valence-corrected chi connectivity index (χ0v) is 63.9. The summed E-state index contributed by atoms with van der Waals surface area (Å²) in [5.41, 5.74) is 0. The molecule has 566 valence electrons. The van der Waals surface area contributed by atoms with E-state index in [2.05, 4.69) is 65.8 Å². The van der Waals surface area contributed by atoms with E-state index in [4.69, 9.17) is 37.0 Å². The third-order valence-electron chi connectivity index (χ3n) is 17.3. The molecule has 0 spiro atoms. The van der Waals surface area contributed by atoms with Gasteiger partial charge in [-0.2, -0.15) is 0 Å². The van der Waals surface area contributed by atoms with Gasteiger partial charge >= 0.3 is 39.5 Å². The maximum absolute atomic E-state index is 13.1. The summed E-state index contributed by atoms with van der Waals surface area (Å²) in [5, 5.41) is 10.6. The number of hydrogen-bond acceptors (Lipinski definition) is 15. The summed E-state index contributed by atoms with van der Waals surface area (Å²) in [5.74, 6) is -0.595. The van der Waals surface area contributed by atoms with Crippen LogP contribution >= 0.6 is 15.6 Å². The van der Waals surface area contributed by atoms with Gasteiger partial charge in [-0.05, 0) is 63.2 Å². The van der Waals surface area contributed by atoms with Crippen LogP contribution in [0.2, 0.25) is 0 Å². The molecule has 0 saturated carbocycles. The summed E-state index contributed by atoms with van der Waals surface area (Å²) < 4.78 is 68.5. The molecule has 0 aliphatic heterocycles. The van der Waals surface area contributed by atoms with Crippen LogP contribution < -0.4 is 0 Å². The second-order valence-corrected chi connectivity index (χ2v) is 30.9. The number of carbonyl (C=O) groups is 4. The van der Waals surface area contributed by atoms with E-state index in [0.29, 0.717) is 25.7 Å². The largest absolute Gasteiger partial charge is 0.472 e. The molecule has 0 aliphatic rings. The van der Waals surface area contributed by atoms with Crippen molar-refractivity contribution in [1.82, 2.24) is 0 Å². The first-order valence-electron chi connectivity index (χ1n) is 39.3. The Balaban J connectivity index is 5.30. The quantitative estimate of drug-likeness (QED) is 0.0169. The molecule has 0 heterocycles. The summed E-state index contributed by atoms with van der Waals surface area (Å²) in [6.07, 6.45) is 58.9. The second kappa shape index (κ2) is 68.3. The smallest absolute Gasteiger partial charge is 0.462 e. The Morgan fingerprint density at radius 3 is 0.854 bits per heavy atom. The van der Waals surface area contributed by atoms with Crippen LogP contribution in [0.1, 0.15) is 375 Å². The topological polar surface area (TPSA) is 237 Å². The molecular weight excluding hydrogens is 1260 g/mol. The third-order valence-corrected chi connectivity index (χ3v) is 19.2.